The molecule has 3 rings (SSSR count). The highest BCUT2D eigenvalue weighted by Gasteiger charge is 2.03. The van der Waals surface area contributed by atoms with Crippen molar-refractivity contribution in [3.8, 4) is 0 Å². The van der Waals surface area contributed by atoms with Gasteiger partial charge in [-0.15, -0.1) is 0 Å². The summed E-state index contributed by atoms with van der Waals surface area (Å²) in [4.78, 5) is 16.2. The normalized spacial score (nSPS) is 10.9. The van der Waals surface area contributed by atoms with Gasteiger partial charge in [-0.05, 0) is 47.4 Å². The summed E-state index contributed by atoms with van der Waals surface area (Å²) in [5.74, 6) is 0.127. The van der Waals surface area contributed by atoms with Crippen molar-refractivity contribution in [1.82, 2.24) is 14.9 Å². The minimum Gasteiger partial charge on any atom is -0.356 e. The number of para-hydroxylation sites is 2. The molecule has 0 saturated carbocycles. The molecule has 0 radical (unpaired) electrons. The summed E-state index contributed by atoms with van der Waals surface area (Å²) in [6.07, 6.45) is 4.15. The molecule has 4 nitrogen and oxygen atoms in total. The highest BCUT2D eigenvalue weighted by molar-refractivity contribution is 7.07. The fourth-order valence-electron chi connectivity index (χ4n) is 2.45. The molecule has 1 N–H and O–H groups in total. The molecule has 5 heteroatoms. The summed E-state index contributed by atoms with van der Waals surface area (Å²) in [7, 11) is 0. The molecule has 0 saturated heterocycles. The first-order chi connectivity index (χ1) is 10.8. The standard InChI is InChI=1S/C17H19N3OS/c21-17(7-6-14-8-11-22-12-14)18-9-3-10-20-13-19-15-4-1-2-5-16(15)20/h1-2,4-5,8,11-13H,3,6-7,9-10H2,(H,18,21). The molecular formula is C17H19N3OS. The Morgan fingerprint density at radius 2 is 2.18 bits per heavy atom. The second-order valence-corrected chi connectivity index (χ2v) is 6.04. The molecule has 22 heavy (non-hydrogen) atoms. The maximum absolute atomic E-state index is 11.8. The van der Waals surface area contributed by atoms with Crippen LogP contribution in [0.25, 0.3) is 11.0 Å². The Bertz CT molecular complexity index is 733. The number of imidazole rings is 1. The van der Waals surface area contributed by atoms with Gasteiger partial charge >= 0.3 is 0 Å². The van der Waals surface area contributed by atoms with Gasteiger partial charge in [-0.3, -0.25) is 4.79 Å². The molecule has 0 aliphatic rings. The van der Waals surface area contributed by atoms with E-state index in [0.29, 0.717) is 13.0 Å². The zero-order valence-electron chi connectivity index (χ0n) is 12.4. The summed E-state index contributed by atoms with van der Waals surface area (Å²) in [6, 6.07) is 10.2. The van der Waals surface area contributed by atoms with Gasteiger partial charge < -0.3 is 9.88 Å². The number of carbonyl (C=O) groups excluding carboxylic acids is 1. The molecule has 2 heterocycles. The fraction of sp³-hybridized carbons (Fsp3) is 0.294. The van der Waals surface area contributed by atoms with Crippen molar-refractivity contribution >= 4 is 28.3 Å². The Morgan fingerprint density at radius 3 is 3.05 bits per heavy atom. The van der Waals surface area contributed by atoms with Crippen LogP contribution in [0.3, 0.4) is 0 Å². The second-order valence-electron chi connectivity index (χ2n) is 5.26. The van der Waals surface area contributed by atoms with Crippen molar-refractivity contribution < 1.29 is 4.79 Å². The molecule has 0 aliphatic carbocycles. The first kappa shape index (κ1) is 14.8. The Labute approximate surface area is 133 Å². The van der Waals surface area contributed by atoms with Gasteiger partial charge in [0, 0.05) is 19.5 Å². The summed E-state index contributed by atoms with van der Waals surface area (Å²) < 4.78 is 2.13. The van der Waals surface area contributed by atoms with Crippen LogP contribution in [-0.4, -0.2) is 22.0 Å². The van der Waals surface area contributed by atoms with Gasteiger partial charge in [0.05, 0.1) is 17.4 Å². The van der Waals surface area contributed by atoms with E-state index < -0.39 is 0 Å². The number of aromatic nitrogens is 2. The lowest BCUT2D eigenvalue weighted by atomic mass is 10.2. The molecule has 0 fully saturated rings. The average molecular weight is 313 g/mol. The van der Waals surface area contributed by atoms with E-state index in [1.807, 2.05) is 29.9 Å². The largest absolute Gasteiger partial charge is 0.356 e. The molecule has 1 amide bonds. The number of benzene rings is 1. The van der Waals surface area contributed by atoms with E-state index in [1.54, 1.807) is 11.3 Å². The number of hydrogen-bond donors (Lipinski definition) is 1. The number of carbonyl (C=O) groups is 1. The minimum atomic E-state index is 0.127. The van der Waals surface area contributed by atoms with Gasteiger partial charge in [0.25, 0.3) is 0 Å². The van der Waals surface area contributed by atoms with E-state index in [0.717, 1.165) is 30.4 Å². The lowest BCUT2D eigenvalue weighted by Crippen LogP contribution is -2.25. The van der Waals surface area contributed by atoms with Crippen LogP contribution in [0.2, 0.25) is 0 Å². The average Bonchev–Trinajstić information content (AvgIpc) is 3.19. The van der Waals surface area contributed by atoms with Crippen molar-refractivity contribution in [2.45, 2.75) is 25.8 Å². The van der Waals surface area contributed by atoms with Crippen molar-refractivity contribution in [2.24, 2.45) is 0 Å². The maximum Gasteiger partial charge on any atom is 0.220 e. The lowest BCUT2D eigenvalue weighted by Gasteiger charge is -2.06. The predicted octanol–water partition coefficient (Wildman–Crippen LogP) is 3.24. The molecule has 0 atom stereocenters. The fourth-order valence-corrected chi connectivity index (χ4v) is 3.15. The van der Waals surface area contributed by atoms with Gasteiger partial charge in [-0.2, -0.15) is 11.3 Å². The van der Waals surface area contributed by atoms with Crippen LogP contribution in [0.5, 0.6) is 0 Å². The van der Waals surface area contributed by atoms with Gasteiger partial charge in [-0.25, -0.2) is 4.98 Å². The van der Waals surface area contributed by atoms with E-state index in [2.05, 4.69) is 32.4 Å². The van der Waals surface area contributed by atoms with Crippen LogP contribution >= 0.6 is 11.3 Å². The van der Waals surface area contributed by atoms with Crippen LogP contribution in [0.4, 0.5) is 0 Å². The molecule has 2 aromatic heterocycles. The zero-order chi connectivity index (χ0) is 15.2. The Hall–Kier alpha value is -2.14. The molecule has 0 spiro atoms. The van der Waals surface area contributed by atoms with Crippen LogP contribution in [0, 0.1) is 0 Å². The minimum absolute atomic E-state index is 0.127. The Morgan fingerprint density at radius 1 is 1.27 bits per heavy atom. The molecule has 0 aliphatic heterocycles. The quantitative estimate of drug-likeness (QED) is 0.681. The third-order valence-corrected chi connectivity index (χ3v) is 4.38. The monoisotopic (exact) mass is 313 g/mol. The topological polar surface area (TPSA) is 46.9 Å². The number of nitrogens with one attached hydrogen (secondary N) is 1. The lowest BCUT2D eigenvalue weighted by molar-refractivity contribution is -0.121. The van der Waals surface area contributed by atoms with Crippen LogP contribution in [0.1, 0.15) is 18.4 Å². The van der Waals surface area contributed by atoms with Crippen LogP contribution in [-0.2, 0) is 17.8 Å². The molecule has 1 aromatic carbocycles. The number of hydrogen-bond acceptors (Lipinski definition) is 3. The van der Waals surface area contributed by atoms with E-state index in [9.17, 15) is 4.79 Å². The molecule has 114 valence electrons. The predicted molar refractivity (Wildman–Crippen MR) is 90.0 cm³/mol. The van der Waals surface area contributed by atoms with Gasteiger partial charge in [0.15, 0.2) is 0 Å². The van der Waals surface area contributed by atoms with Gasteiger partial charge in [0.2, 0.25) is 5.91 Å². The second kappa shape index (κ2) is 7.22. The number of aryl methyl sites for hydroxylation is 2. The number of fused-ring (bicyclic) bond motifs is 1. The van der Waals surface area contributed by atoms with Gasteiger partial charge in [0.1, 0.15) is 0 Å². The van der Waals surface area contributed by atoms with E-state index in [-0.39, 0.29) is 5.91 Å². The number of thiophene rings is 1. The van der Waals surface area contributed by atoms with Crippen molar-refractivity contribution in [3.63, 3.8) is 0 Å². The van der Waals surface area contributed by atoms with Crippen LogP contribution in [0.15, 0.2) is 47.4 Å². The van der Waals surface area contributed by atoms with E-state index in [1.165, 1.54) is 5.56 Å². The Kier molecular flexibility index (Phi) is 4.85. The maximum atomic E-state index is 11.8. The third kappa shape index (κ3) is 3.74. The summed E-state index contributed by atoms with van der Waals surface area (Å²) in [5, 5.41) is 7.13. The number of rotatable bonds is 7. The summed E-state index contributed by atoms with van der Waals surface area (Å²) in [6.45, 7) is 1.57. The highest BCUT2D eigenvalue weighted by atomic mass is 32.1. The van der Waals surface area contributed by atoms with Crippen molar-refractivity contribution in [1.29, 1.82) is 0 Å². The highest BCUT2D eigenvalue weighted by Crippen LogP contribution is 2.12. The van der Waals surface area contributed by atoms with E-state index in [4.69, 9.17) is 0 Å². The first-order valence-electron chi connectivity index (χ1n) is 7.50. The smallest absolute Gasteiger partial charge is 0.220 e. The SMILES string of the molecule is O=C(CCc1ccsc1)NCCCn1cnc2ccccc21. The first-order valence-corrected chi connectivity index (χ1v) is 8.45. The molecular weight excluding hydrogens is 294 g/mol. The van der Waals surface area contributed by atoms with Crippen molar-refractivity contribution in [2.75, 3.05) is 6.54 Å². The molecule has 0 bridgehead atoms. The molecule has 3 aromatic rings. The summed E-state index contributed by atoms with van der Waals surface area (Å²) in [5.41, 5.74) is 3.40. The zero-order valence-corrected chi connectivity index (χ0v) is 13.2. The van der Waals surface area contributed by atoms with Crippen molar-refractivity contribution in [3.05, 3.63) is 53.0 Å². The number of nitrogens with zero attached hydrogens (tertiary/aromatic N) is 2. The third-order valence-electron chi connectivity index (χ3n) is 3.65. The Balaban J connectivity index is 1.39. The summed E-state index contributed by atoms with van der Waals surface area (Å²) >= 11 is 1.67. The number of amides is 1. The van der Waals surface area contributed by atoms with E-state index >= 15 is 0 Å². The van der Waals surface area contributed by atoms with Crippen LogP contribution < -0.4 is 5.32 Å². The van der Waals surface area contributed by atoms with Gasteiger partial charge in [-0.1, -0.05) is 12.1 Å². The molecule has 0 unspecified atom stereocenters.